The molecule has 0 aromatic carbocycles. The van der Waals surface area contributed by atoms with E-state index in [1.165, 1.54) is 0 Å². The van der Waals surface area contributed by atoms with E-state index in [0.717, 1.165) is 12.8 Å². The molecule has 1 atom stereocenters. The van der Waals surface area contributed by atoms with Gasteiger partial charge in [0, 0.05) is 12.6 Å². The van der Waals surface area contributed by atoms with Gasteiger partial charge in [0.2, 0.25) is 10.0 Å². The molecule has 3 N–H and O–H groups in total. The fourth-order valence-electron chi connectivity index (χ4n) is 1.01. The lowest BCUT2D eigenvalue weighted by Gasteiger charge is -2.12. The maximum Gasteiger partial charge on any atom is 0.213 e. The summed E-state index contributed by atoms with van der Waals surface area (Å²) in [4.78, 5) is 0. The van der Waals surface area contributed by atoms with Crippen molar-refractivity contribution in [3.8, 4) is 0 Å². The highest BCUT2D eigenvalue weighted by Crippen LogP contribution is 1.97. The number of hydrogen-bond acceptors (Lipinski definition) is 3. The van der Waals surface area contributed by atoms with E-state index < -0.39 is 10.0 Å². The molecule has 0 saturated carbocycles. The van der Waals surface area contributed by atoms with Gasteiger partial charge >= 0.3 is 0 Å². The zero-order chi connectivity index (χ0) is 9.61. The predicted molar refractivity (Wildman–Crippen MR) is 50.3 cm³/mol. The predicted octanol–water partition coefficient (Wildman–Crippen LogP) is 0.0531. The first-order chi connectivity index (χ1) is 5.52. The monoisotopic (exact) mass is 194 g/mol. The molecule has 0 aliphatic rings. The second-order valence-electron chi connectivity index (χ2n) is 2.92. The van der Waals surface area contributed by atoms with Crippen LogP contribution in [-0.2, 0) is 10.0 Å². The Balaban J connectivity index is 3.89. The average Bonchev–Trinajstić information content (AvgIpc) is 1.85. The minimum absolute atomic E-state index is 0.0149. The highest BCUT2D eigenvalue weighted by molar-refractivity contribution is 7.89. The Morgan fingerprint density at radius 1 is 1.50 bits per heavy atom. The van der Waals surface area contributed by atoms with Crippen molar-refractivity contribution >= 4 is 10.0 Å². The third kappa shape index (κ3) is 5.51. The Morgan fingerprint density at radius 2 is 2.08 bits per heavy atom. The zero-order valence-electron chi connectivity index (χ0n) is 7.71. The number of sulfonamides is 1. The topological polar surface area (TPSA) is 72.2 Å². The van der Waals surface area contributed by atoms with Gasteiger partial charge < -0.3 is 5.73 Å². The van der Waals surface area contributed by atoms with Crippen LogP contribution in [0.25, 0.3) is 0 Å². The third-order valence-electron chi connectivity index (χ3n) is 1.49. The van der Waals surface area contributed by atoms with Gasteiger partial charge in [0.25, 0.3) is 0 Å². The maximum absolute atomic E-state index is 11.1. The molecule has 1 unspecified atom stereocenters. The van der Waals surface area contributed by atoms with Gasteiger partial charge in [0.05, 0.1) is 5.75 Å². The average molecular weight is 194 g/mol. The van der Waals surface area contributed by atoms with Gasteiger partial charge in [-0.05, 0) is 13.3 Å². The van der Waals surface area contributed by atoms with Crippen molar-refractivity contribution in [2.75, 3.05) is 12.3 Å². The second-order valence-corrected chi connectivity index (χ2v) is 4.79. The SMILES string of the molecule is CCCC(C)NS(=O)(=O)CCN. The summed E-state index contributed by atoms with van der Waals surface area (Å²) in [5.41, 5.74) is 5.15. The van der Waals surface area contributed by atoms with Gasteiger partial charge in [-0.15, -0.1) is 0 Å². The Bertz CT molecular complexity index is 201. The summed E-state index contributed by atoms with van der Waals surface area (Å²) in [6.45, 7) is 4.06. The van der Waals surface area contributed by atoms with Gasteiger partial charge in [-0.3, -0.25) is 0 Å². The molecular formula is C7H18N2O2S. The Morgan fingerprint density at radius 3 is 2.50 bits per heavy atom. The normalized spacial score (nSPS) is 14.6. The smallest absolute Gasteiger partial charge is 0.213 e. The first-order valence-electron chi connectivity index (χ1n) is 4.22. The van der Waals surface area contributed by atoms with Crippen molar-refractivity contribution in [1.29, 1.82) is 0 Å². The molecule has 0 aliphatic carbocycles. The molecule has 74 valence electrons. The van der Waals surface area contributed by atoms with Crippen LogP contribution in [0.15, 0.2) is 0 Å². The molecule has 0 saturated heterocycles. The highest BCUT2D eigenvalue weighted by Gasteiger charge is 2.11. The van der Waals surface area contributed by atoms with Gasteiger partial charge in [-0.25, -0.2) is 13.1 Å². The summed E-state index contributed by atoms with van der Waals surface area (Å²) >= 11 is 0. The van der Waals surface area contributed by atoms with Crippen LogP contribution in [0.5, 0.6) is 0 Å². The van der Waals surface area contributed by atoms with Crippen LogP contribution >= 0.6 is 0 Å². The van der Waals surface area contributed by atoms with Crippen LogP contribution < -0.4 is 10.5 Å². The molecule has 0 aromatic heterocycles. The molecule has 0 aliphatic heterocycles. The van der Waals surface area contributed by atoms with Crippen LogP contribution in [0.2, 0.25) is 0 Å². The molecule has 0 radical (unpaired) electrons. The molecule has 0 heterocycles. The second kappa shape index (κ2) is 5.50. The molecule has 0 spiro atoms. The van der Waals surface area contributed by atoms with E-state index in [0.29, 0.717) is 0 Å². The Kier molecular flexibility index (Phi) is 5.44. The molecule has 4 nitrogen and oxygen atoms in total. The van der Waals surface area contributed by atoms with Crippen LogP contribution in [0.3, 0.4) is 0 Å². The van der Waals surface area contributed by atoms with Crippen molar-refractivity contribution in [3.63, 3.8) is 0 Å². The lowest BCUT2D eigenvalue weighted by Crippen LogP contribution is -2.36. The summed E-state index contributed by atoms with van der Waals surface area (Å²) in [7, 11) is -3.13. The van der Waals surface area contributed by atoms with Crippen LogP contribution in [0.4, 0.5) is 0 Å². The molecule has 0 fully saturated rings. The van der Waals surface area contributed by atoms with E-state index >= 15 is 0 Å². The van der Waals surface area contributed by atoms with Crippen molar-refractivity contribution < 1.29 is 8.42 Å². The van der Waals surface area contributed by atoms with Gasteiger partial charge in [0.1, 0.15) is 0 Å². The van der Waals surface area contributed by atoms with Crippen LogP contribution in [0, 0.1) is 0 Å². The fraction of sp³-hybridized carbons (Fsp3) is 1.00. The number of rotatable bonds is 6. The molecule has 0 amide bonds. The van der Waals surface area contributed by atoms with Crippen molar-refractivity contribution in [1.82, 2.24) is 4.72 Å². The summed E-state index contributed by atoms with van der Waals surface area (Å²) in [6, 6.07) is 0.0200. The van der Waals surface area contributed by atoms with Crippen LogP contribution in [-0.4, -0.2) is 26.8 Å². The lowest BCUT2D eigenvalue weighted by molar-refractivity contribution is 0.544. The Labute approximate surface area is 74.6 Å². The highest BCUT2D eigenvalue weighted by atomic mass is 32.2. The number of nitrogens with two attached hydrogens (primary N) is 1. The van der Waals surface area contributed by atoms with E-state index in [4.69, 9.17) is 5.73 Å². The molecule has 0 aromatic rings. The number of hydrogen-bond donors (Lipinski definition) is 2. The molecule has 5 heteroatoms. The molecule has 0 rings (SSSR count). The summed E-state index contributed by atoms with van der Waals surface area (Å²) in [5.74, 6) is 0.0149. The van der Waals surface area contributed by atoms with Crippen molar-refractivity contribution in [3.05, 3.63) is 0 Å². The van der Waals surface area contributed by atoms with E-state index in [1.807, 2.05) is 13.8 Å². The quantitative estimate of drug-likeness (QED) is 0.627. The van der Waals surface area contributed by atoms with E-state index in [2.05, 4.69) is 4.72 Å². The van der Waals surface area contributed by atoms with Crippen molar-refractivity contribution in [2.24, 2.45) is 5.73 Å². The minimum Gasteiger partial charge on any atom is -0.329 e. The Hall–Kier alpha value is -0.130. The maximum atomic E-state index is 11.1. The van der Waals surface area contributed by atoms with E-state index in [1.54, 1.807) is 0 Å². The number of nitrogens with one attached hydrogen (secondary N) is 1. The summed E-state index contributed by atoms with van der Waals surface area (Å²) in [6.07, 6.45) is 1.84. The minimum atomic E-state index is -3.13. The third-order valence-corrected chi connectivity index (χ3v) is 3.02. The lowest BCUT2D eigenvalue weighted by atomic mass is 10.2. The first kappa shape index (κ1) is 11.9. The van der Waals surface area contributed by atoms with Crippen LogP contribution in [0.1, 0.15) is 26.7 Å². The van der Waals surface area contributed by atoms with Gasteiger partial charge in [-0.2, -0.15) is 0 Å². The molecule has 12 heavy (non-hydrogen) atoms. The molecule has 0 bridgehead atoms. The standard InChI is InChI=1S/C7H18N2O2S/c1-3-4-7(2)9-12(10,11)6-5-8/h7,9H,3-6,8H2,1-2H3. The summed E-state index contributed by atoms with van der Waals surface area (Å²) < 4.78 is 24.8. The van der Waals surface area contributed by atoms with Crippen molar-refractivity contribution in [2.45, 2.75) is 32.7 Å². The zero-order valence-corrected chi connectivity index (χ0v) is 8.52. The van der Waals surface area contributed by atoms with Gasteiger partial charge in [0.15, 0.2) is 0 Å². The molecular weight excluding hydrogens is 176 g/mol. The van der Waals surface area contributed by atoms with E-state index in [9.17, 15) is 8.42 Å². The van der Waals surface area contributed by atoms with E-state index in [-0.39, 0.29) is 18.3 Å². The fourth-order valence-corrected chi connectivity index (χ4v) is 2.17. The summed E-state index contributed by atoms with van der Waals surface area (Å²) in [5, 5.41) is 0. The largest absolute Gasteiger partial charge is 0.329 e. The van der Waals surface area contributed by atoms with Gasteiger partial charge in [-0.1, -0.05) is 13.3 Å². The first-order valence-corrected chi connectivity index (χ1v) is 5.87.